The maximum atomic E-state index is 13.3. The van der Waals surface area contributed by atoms with Crippen molar-refractivity contribution in [3.05, 3.63) is 29.8 Å². The van der Waals surface area contributed by atoms with Gasteiger partial charge in [0, 0.05) is 6.54 Å². The number of likely N-dealkylation sites (N-methyl/N-ethyl adjacent to an activating group) is 1. The SMILES string of the molecule is CCN(CC)CCOC(=O)C1(c2cccc(B3OC(C)(C)C(C)(C)O3)c2)CCCC1. The van der Waals surface area contributed by atoms with Crippen molar-refractivity contribution in [3.8, 4) is 0 Å². The van der Waals surface area contributed by atoms with E-state index in [1.165, 1.54) is 0 Å². The Bertz CT molecular complexity index is 722. The van der Waals surface area contributed by atoms with E-state index >= 15 is 0 Å². The Kier molecular flexibility index (Phi) is 7.00. The topological polar surface area (TPSA) is 48.0 Å². The molecular weight excluding hydrogens is 377 g/mol. The summed E-state index contributed by atoms with van der Waals surface area (Å²) < 4.78 is 18.3. The van der Waals surface area contributed by atoms with E-state index in [1.807, 2.05) is 12.1 Å². The van der Waals surface area contributed by atoms with Gasteiger partial charge in [0.05, 0.1) is 16.6 Å². The van der Waals surface area contributed by atoms with Crippen molar-refractivity contribution in [2.45, 2.75) is 83.8 Å². The molecular formula is C24H38BNO4. The first kappa shape index (κ1) is 23.3. The van der Waals surface area contributed by atoms with Gasteiger partial charge < -0.3 is 18.9 Å². The molecule has 0 atom stereocenters. The Morgan fingerprint density at radius 2 is 1.67 bits per heavy atom. The zero-order valence-corrected chi connectivity index (χ0v) is 19.6. The van der Waals surface area contributed by atoms with Crippen molar-refractivity contribution >= 4 is 18.6 Å². The highest BCUT2D eigenvalue weighted by atomic mass is 16.7. The molecule has 30 heavy (non-hydrogen) atoms. The molecule has 0 spiro atoms. The third-order valence-electron chi connectivity index (χ3n) is 7.35. The van der Waals surface area contributed by atoms with Crippen LogP contribution >= 0.6 is 0 Å². The van der Waals surface area contributed by atoms with Crippen LogP contribution in [0.4, 0.5) is 0 Å². The molecule has 5 nitrogen and oxygen atoms in total. The van der Waals surface area contributed by atoms with Gasteiger partial charge in [-0.25, -0.2) is 0 Å². The van der Waals surface area contributed by atoms with Crippen LogP contribution in [0, 0.1) is 0 Å². The number of hydrogen-bond acceptors (Lipinski definition) is 5. The van der Waals surface area contributed by atoms with Gasteiger partial charge in [0.1, 0.15) is 6.61 Å². The van der Waals surface area contributed by atoms with E-state index in [2.05, 4.69) is 58.6 Å². The molecule has 0 radical (unpaired) electrons. The summed E-state index contributed by atoms with van der Waals surface area (Å²) in [6.45, 7) is 15.7. The maximum absolute atomic E-state index is 13.3. The Hall–Kier alpha value is -1.37. The van der Waals surface area contributed by atoms with E-state index in [0.717, 1.165) is 56.3 Å². The predicted octanol–water partition coefficient (Wildman–Crippen LogP) is 3.68. The van der Waals surface area contributed by atoms with Crippen LogP contribution in [0.15, 0.2) is 24.3 Å². The highest BCUT2D eigenvalue weighted by Gasteiger charge is 2.52. The van der Waals surface area contributed by atoms with Crippen LogP contribution in [0.25, 0.3) is 0 Å². The first-order chi connectivity index (χ1) is 14.1. The smallest absolute Gasteiger partial charge is 0.464 e. The van der Waals surface area contributed by atoms with Crippen LogP contribution in [0.1, 0.15) is 72.8 Å². The van der Waals surface area contributed by atoms with E-state index in [9.17, 15) is 4.79 Å². The van der Waals surface area contributed by atoms with Gasteiger partial charge in [0.2, 0.25) is 0 Å². The number of benzene rings is 1. The summed E-state index contributed by atoms with van der Waals surface area (Å²) in [4.78, 5) is 15.5. The summed E-state index contributed by atoms with van der Waals surface area (Å²) in [6.07, 6.45) is 3.77. The lowest BCUT2D eigenvalue weighted by atomic mass is 9.73. The lowest BCUT2D eigenvalue weighted by molar-refractivity contribution is -0.151. The first-order valence-corrected chi connectivity index (χ1v) is 11.5. The number of ether oxygens (including phenoxy) is 1. The van der Waals surface area contributed by atoms with Crippen molar-refractivity contribution in [2.24, 2.45) is 0 Å². The van der Waals surface area contributed by atoms with E-state index in [-0.39, 0.29) is 17.2 Å². The highest BCUT2D eigenvalue weighted by molar-refractivity contribution is 6.62. The third-order valence-corrected chi connectivity index (χ3v) is 7.35. The van der Waals surface area contributed by atoms with Crippen LogP contribution in [-0.4, -0.2) is 55.4 Å². The summed E-state index contributed by atoms with van der Waals surface area (Å²) in [7, 11) is -0.424. The lowest BCUT2D eigenvalue weighted by Crippen LogP contribution is -2.41. The van der Waals surface area contributed by atoms with E-state index in [4.69, 9.17) is 14.0 Å². The second-order valence-electron chi connectivity index (χ2n) is 9.67. The molecule has 1 heterocycles. The average molecular weight is 415 g/mol. The minimum absolute atomic E-state index is 0.0850. The molecule has 166 valence electrons. The van der Waals surface area contributed by atoms with Gasteiger partial charge in [0.25, 0.3) is 0 Å². The fourth-order valence-electron chi connectivity index (χ4n) is 4.50. The van der Waals surface area contributed by atoms with Gasteiger partial charge in [-0.1, -0.05) is 51.0 Å². The van der Waals surface area contributed by atoms with Crippen molar-refractivity contribution < 1.29 is 18.8 Å². The molecule has 3 rings (SSSR count). The van der Waals surface area contributed by atoms with Gasteiger partial charge in [-0.05, 0) is 64.7 Å². The molecule has 0 N–H and O–H groups in total. The molecule has 0 amide bonds. The molecule has 2 aliphatic rings. The van der Waals surface area contributed by atoms with Gasteiger partial charge in [-0.3, -0.25) is 4.79 Å². The number of rotatable bonds is 8. The zero-order chi connectivity index (χ0) is 22.0. The minimum atomic E-state index is -0.553. The van der Waals surface area contributed by atoms with Gasteiger partial charge in [0.15, 0.2) is 0 Å². The standard InChI is InChI=1S/C24H38BNO4/c1-7-26(8-2)16-17-28-21(27)24(14-9-10-15-24)19-12-11-13-20(18-19)25-29-22(3,4)23(5,6)30-25/h11-13,18H,7-10,14-17H2,1-6H3. The van der Waals surface area contributed by atoms with Crippen molar-refractivity contribution in [2.75, 3.05) is 26.2 Å². The zero-order valence-electron chi connectivity index (χ0n) is 19.6. The van der Waals surface area contributed by atoms with Gasteiger partial charge in [-0.2, -0.15) is 0 Å². The summed E-state index contributed by atoms with van der Waals surface area (Å²) >= 11 is 0. The Morgan fingerprint density at radius 1 is 1.07 bits per heavy atom. The maximum Gasteiger partial charge on any atom is 0.494 e. The van der Waals surface area contributed by atoms with Crippen LogP contribution in [0.5, 0.6) is 0 Å². The van der Waals surface area contributed by atoms with Gasteiger partial charge >= 0.3 is 13.1 Å². The Labute approximate surface area is 182 Å². The van der Waals surface area contributed by atoms with Crippen LogP contribution < -0.4 is 5.46 Å². The fraction of sp³-hybridized carbons (Fsp3) is 0.708. The number of carbonyl (C=O) groups is 1. The lowest BCUT2D eigenvalue weighted by Gasteiger charge is -2.32. The molecule has 1 aliphatic carbocycles. The second-order valence-corrected chi connectivity index (χ2v) is 9.67. The highest BCUT2D eigenvalue weighted by Crippen LogP contribution is 2.42. The number of hydrogen-bond donors (Lipinski definition) is 0. The van der Waals surface area contributed by atoms with Crippen molar-refractivity contribution in [1.82, 2.24) is 4.90 Å². The van der Waals surface area contributed by atoms with Crippen LogP contribution in [0.2, 0.25) is 0 Å². The molecule has 0 aromatic heterocycles. The first-order valence-electron chi connectivity index (χ1n) is 11.5. The molecule has 6 heteroatoms. The van der Waals surface area contributed by atoms with Crippen LogP contribution in [-0.2, 0) is 24.3 Å². The van der Waals surface area contributed by atoms with E-state index < -0.39 is 12.5 Å². The average Bonchev–Trinajstić information content (AvgIpc) is 3.29. The quantitative estimate of drug-likeness (QED) is 0.479. The largest absolute Gasteiger partial charge is 0.494 e. The normalized spacial score (nSPS) is 21.9. The van der Waals surface area contributed by atoms with Gasteiger partial charge in [-0.15, -0.1) is 0 Å². The molecule has 2 fully saturated rings. The van der Waals surface area contributed by atoms with Crippen molar-refractivity contribution in [3.63, 3.8) is 0 Å². The second kappa shape index (κ2) is 9.01. The molecule has 0 bridgehead atoms. The van der Waals surface area contributed by atoms with E-state index in [1.54, 1.807) is 0 Å². The fourth-order valence-corrected chi connectivity index (χ4v) is 4.50. The number of esters is 1. The number of nitrogens with zero attached hydrogens (tertiary/aromatic N) is 1. The summed E-state index contributed by atoms with van der Waals surface area (Å²) in [5.74, 6) is -0.0850. The molecule has 0 unspecified atom stereocenters. The predicted molar refractivity (Wildman–Crippen MR) is 121 cm³/mol. The molecule has 1 aliphatic heterocycles. The van der Waals surface area contributed by atoms with Crippen molar-refractivity contribution in [1.29, 1.82) is 0 Å². The summed E-state index contributed by atoms with van der Waals surface area (Å²) in [6, 6.07) is 8.20. The third kappa shape index (κ3) is 4.46. The Balaban J connectivity index is 1.78. The summed E-state index contributed by atoms with van der Waals surface area (Å²) in [5, 5.41) is 0. The Morgan fingerprint density at radius 3 is 2.23 bits per heavy atom. The van der Waals surface area contributed by atoms with Crippen LogP contribution in [0.3, 0.4) is 0 Å². The molecule has 1 saturated carbocycles. The molecule has 1 saturated heterocycles. The minimum Gasteiger partial charge on any atom is -0.464 e. The van der Waals surface area contributed by atoms with E-state index in [0.29, 0.717) is 6.61 Å². The summed E-state index contributed by atoms with van der Waals surface area (Å²) in [5.41, 5.74) is 0.668. The molecule has 1 aromatic carbocycles. The molecule has 1 aromatic rings. The monoisotopic (exact) mass is 415 g/mol. The number of carbonyl (C=O) groups excluding carboxylic acids is 1.